The topological polar surface area (TPSA) is 49.4 Å². The first-order valence-electron chi connectivity index (χ1n) is 7.79. The molecule has 2 amide bonds. The lowest BCUT2D eigenvalue weighted by molar-refractivity contribution is -0.121. The van der Waals surface area contributed by atoms with Crippen molar-refractivity contribution in [3.8, 4) is 0 Å². The van der Waals surface area contributed by atoms with Crippen molar-refractivity contribution in [2.75, 3.05) is 11.9 Å². The van der Waals surface area contributed by atoms with E-state index in [2.05, 4.69) is 5.32 Å². The first-order valence-corrected chi connectivity index (χ1v) is 7.79. The fourth-order valence-electron chi connectivity index (χ4n) is 2.33. The lowest BCUT2D eigenvalue weighted by Gasteiger charge is -2.27. The van der Waals surface area contributed by atoms with Gasteiger partial charge in [0.15, 0.2) is 0 Å². The highest BCUT2D eigenvalue weighted by atomic mass is 19.1. The normalized spacial score (nSPS) is 11.9. The average molecular weight is 328 g/mol. The number of likely N-dealkylation sites (N-methyl/N-ethyl adjacent to an activating group) is 1. The number of halogens is 1. The van der Waals surface area contributed by atoms with Gasteiger partial charge in [-0.1, -0.05) is 32.0 Å². The zero-order valence-electron chi connectivity index (χ0n) is 14.0. The third-order valence-corrected chi connectivity index (χ3v) is 3.80. The molecule has 4 nitrogen and oxygen atoms in total. The maximum absolute atomic E-state index is 13.0. The standard InChI is InChI=1S/C19H21FN2O2/c1-13(2)17(19(24)22(3)16-7-5-4-6-8-16)21-18(23)14-9-11-15(20)12-10-14/h4-13,17H,1-3H3,(H,21,23). The molecule has 2 aromatic carbocycles. The van der Waals surface area contributed by atoms with Crippen LogP contribution in [0.5, 0.6) is 0 Å². The molecular weight excluding hydrogens is 307 g/mol. The van der Waals surface area contributed by atoms with Crippen LogP contribution in [0, 0.1) is 11.7 Å². The van der Waals surface area contributed by atoms with Crippen molar-refractivity contribution >= 4 is 17.5 Å². The second-order valence-corrected chi connectivity index (χ2v) is 5.93. The molecule has 0 fully saturated rings. The molecule has 0 saturated heterocycles. The van der Waals surface area contributed by atoms with Gasteiger partial charge in [-0.3, -0.25) is 9.59 Å². The highest BCUT2D eigenvalue weighted by Crippen LogP contribution is 2.15. The lowest BCUT2D eigenvalue weighted by atomic mass is 10.0. The zero-order valence-corrected chi connectivity index (χ0v) is 14.0. The van der Waals surface area contributed by atoms with Gasteiger partial charge < -0.3 is 10.2 Å². The summed E-state index contributed by atoms with van der Waals surface area (Å²) in [6.07, 6.45) is 0. The van der Waals surface area contributed by atoms with E-state index in [0.29, 0.717) is 5.56 Å². The summed E-state index contributed by atoms with van der Waals surface area (Å²) < 4.78 is 13.0. The van der Waals surface area contributed by atoms with E-state index in [1.807, 2.05) is 44.2 Å². The molecule has 0 aliphatic rings. The number of hydrogen-bond donors (Lipinski definition) is 1. The predicted molar refractivity (Wildman–Crippen MR) is 92.3 cm³/mol. The molecule has 2 rings (SSSR count). The van der Waals surface area contributed by atoms with Gasteiger partial charge in [0.05, 0.1) is 0 Å². The Hall–Kier alpha value is -2.69. The third kappa shape index (κ3) is 4.19. The van der Waals surface area contributed by atoms with Crippen molar-refractivity contribution in [1.29, 1.82) is 0 Å². The number of carbonyl (C=O) groups excluding carboxylic acids is 2. The zero-order chi connectivity index (χ0) is 17.7. The number of nitrogens with zero attached hydrogens (tertiary/aromatic N) is 1. The number of para-hydroxylation sites is 1. The highest BCUT2D eigenvalue weighted by Gasteiger charge is 2.28. The van der Waals surface area contributed by atoms with Gasteiger partial charge in [-0.25, -0.2) is 4.39 Å². The smallest absolute Gasteiger partial charge is 0.251 e. The Morgan fingerprint density at radius 3 is 2.12 bits per heavy atom. The van der Waals surface area contributed by atoms with E-state index in [9.17, 15) is 14.0 Å². The Morgan fingerprint density at radius 2 is 1.58 bits per heavy atom. The van der Waals surface area contributed by atoms with E-state index in [-0.39, 0.29) is 11.8 Å². The van der Waals surface area contributed by atoms with Crippen molar-refractivity contribution < 1.29 is 14.0 Å². The maximum atomic E-state index is 13.0. The molecule has 5 heteroatoms. The summed E-state index contributed by atoms with van der Waals surface area (Å²) in [5, 5.41) is 2.75. The van der Waals surface area contributed by atoms with E-state index < -0.39 is 17.8 Å². The van der Waals surface area contributed by atoms with Crippen molar-refractivity contribution in [3.05, 3.63) is 66.0 Å². The van der Waals surface area contributed by atoms with Gasteiger partial charge in [0.1, 0.15) is 11.9 Å². The van der Waals surface area contributed by atoms with Crippen LogP contribution in [-0.4, -0.2) is 24.9 Å². The molecule has 0 aliphatic carbocycles. The first kappa shape index (κ1) is 17.7. The molecule has 0 bridgehead atoms. The molecule has 0 heterocycles. The number of hydrogen-bond acceptors (Lipinski definition) is 2. The number of nitrogens with one attached hydrogen (secondary N) is 1. The lowest BCUT2D eigenvalue weighted by Crippen LogP contribution is -2.50. The third-order valence-electron chi connectivity index (χ3n) is 3.80. The second-order valence-electron chi connectivity index (χ2n) is 5.93. The largest absolute Gasteiger partial charge is 0.340 e. The summed E-state index contributed by atoms with van der Waals surface area (Å²) in [6, 6.07) is 13.8. The summed E-state index contributed by atoms with van der Waals surface area (Å²) in [6.45, 7) is 3.73. The van der Waals surface area contributed by atoms with Crippen molar-refractivity contribution in [2.24, 2.45) is 5.92 Å². The number of carbonyl (C=O) groups is 2. The Balaban J connectivity index is 2.15. The van der Waals surface area contributed by atoms with Crippen molar-refractivity contribution in [2.45, 2.75) is 19.9 Å². The number of benzene rings is 2. The average Bonchev–Trinajstić information content (AvgIpc) is 2.59. The molecule has 2 aromatic rings. The van der Waals surface area contributed by atoms with Crippen LogP contribution >= 0.6 is 0 Å². The molecule has 0 aromatic heterocycles. The SMILES string of the molecule is CC(C)C(NC(=O)c1ccc(F)cc1)C(=O)N(C)c1ccccc1. The van der Waals surface area contributed by atoms with Gasteiger partial charge in [0.2, 0.25) is 5.91 Å². The second kappa shape index (κ2) is 7.73. The minimum Gasteiger partial charge on any atom is -0.340 e. The minimum atomic E-state index is -0.673. The van der Waals surface area contributed by atoms with Crippen LogP contribution in [0.2, 0.25) is 0 Å². The molecule has 0 saturated carbocycles. The number of anilines is 1. The van der Waals surface area contributed by atoms with Gasteiger partial charge in [-0.15, -0.1) is 0 Å². The van der Waals surface area contributed by atoms with Crippen LogP contribution in [0.4, 0.5) is 10.1 Å². The van der Waals surface area contributed by atoms with Crippen LogP contribution in [-0.2, 0) is 4.79 Å². The molecule has 1 unspecified atom stereocenters. The molecule has 1 atom stereocenters. The van der Waals surface area contributed by atoms with Crippen LogP contribution < -0.4 is 10.2 Å². The highest BCUT2D eigenvalue weighted by molar-refractivity contribution is 6.02. The fraction of sp³-hybridized carbons (Fsp3) is 0.263. The van der Waals surface area contributed by atoms with E-state index in [1.54, 1.807) is 7.05 Å². The minimum absolute atomic E-state index is 0.0898. The molecule has 0 spiro atoms. The van der Waals surface area contributed by atoms with Crippen LogP contribution in [0.1, 0.15) is 24.2 Å². The molecule has 126 valence electrons. The van der Waals surface area contributed by atoms with Crippen LogP contribution in [0.25, 0.3) is 0 Å². The van der Waals surface area contributed by atoms with Crippen molar-refractivity contribution in [3.63, 3.8) is 0 Å². The maximum Gasteiger partial charge on any atom is 0.251 e. The van der Waals surface area contributed by atoms with Gasteiger partial charge in [0.25, 0.3) is 5.91 Å². The summed E-state index contributed by atoms with van der Waals surface area (Å²) in [5.74, 6) is -1.10. The van der Waals surface area contributed by atoms with Gasteiger partial charge in [-0.05, 0) is 42.3 Å². The number of rotatable bonds is 5. The van der Waals surface area contributed by atoms with E-state index in [4.69, 9.17) is 0 Å². The Kier molecular flexibility index (Phi) is 5.68. The molecular formula is C19H21FN2O2. The summed E-state index contributed by atoms with van der Waals surface area (Å²) in [4.78, 5) is 26.6. The van der Waals surface area contributed by atoms with Gasteiger partial charge >= 0.3 is 0 Å². The molecule has 0 aliphatic heterocycles. The Bertz CT molecular complexity index is 699. The summed E-state index contributed by atoms with van der Waals surface area (Å²) in [7, 11) is 1.68. The van der Waals surface area contributed by atoms with Gasteiger partial charge in [0, 0.05) is 18.3 Å². The van der Waals surface area contributed by atoms with E-state index in [1.165, 1.54) is 29.2 Å². The predicted octanol–water partition coefficient (Wildman–Crippen LogP) is 3.24. The van der Waals surface area contributed by atoms with Crippen LogP contribution in [0.3, 0.4) is 0 Å². The quantitative estimate of drug-likeness (QED) is 0.916. The van der Waals surface area contributed by atoms with E-state index in [0.717, 1.165) is 5.69 Å². The summed E-state index contributed by atoms with van der Waals surface area (Å²) in [5.41, 5.74) is 1.07. The Labute approximate surface area is 141 Å². The summed E-state index contributed by atoms with van der Waals surface area (Å²) >= 11 is 0. The van der Waals surface area contributed by atoms with E-state index >= 15 is 0 Å². The van der Waals surface area contributed by atoms with Crippen molar-refractivity contribution in [1.82, 2.24) is 5.32 Å². The number of amides is 2. The Morgan fingerprint density at radius 1 is 1.00 bits per heavy atom. The fourth-order valence-corrected chi connectivity index (χ4v) is 2.33. The molecule has 1 N–H and O–H groups in total. The monoisotopic (exact) mass is 328 g/mol. The molecule has 0 radical (unpaired) electrons. The van der Waals surface area contributed by atoms with Gasteiger partial charge in [-0.2, -0.15) is 0 Å². The first-order chi connectivity index (χ1) is 11.4. The molecule has 24 heavy (non-hydrogen) atoms. The van der Waals surface area contributed by atoms with Crippen LogP contribution in [0.15, 0.2) is 54.6 Å².